The number of hydrogen-bond acceptors (Lipinski definition) is 4. The summed E-state index contributed by atoms with van der Waals surface area (Å²) in [4.78, 5) is 12.7. The van der Waals surface area contributed by atoms with Crippen molar-refractivity contribution in [2.24, 2.45) is 0 Å². The van der Waals surface area contributed by atoms with E-state index in [2.05, 4.69) is 10.0 Å². The van der Waals surface area contributed by atoms with E-state index in [1.165, 1.54) is 18.2 Å². The van der Waals surface area contributed by atoms with Crippen LogP contribution in [-0.2, 0) is 10.0 Å². The van der Waals surface area contributed by atoms with Crippen molar-refractivity contribution in [2.75, 3.05) is 18.1 Å². The zero-order chi connectivity index (χ0) is 20.2. The molecule has 0 fully saturated rings. The zero-order valence-electron chi connectivity index (χ0n) is 15.7. The maximum Gasteiger partial charge on any atom is 0.253 e. The van der Waals surface area contributed by atoms with Gasteiger partial charge in [0, 0.05) is 5.69 Å². The van der Waals surface area contributed by atoms with E-state index in [-0.39, 0.29) is 22.5 Å². The number of nitrogens with one attached hydrogen (secondary N) is 2. The van der Waals surface area contributed by atoms with Gasteiger partial charge < -0.3 is 10.1 Å². The van der Waals surface area contributed by atoms with Crippen LogP contribution in [0.3, 0.4) is 0 Å². The molecule has 0 aromatic heterocycles. The summed E-state index contributed by atoms with van der Waals surface area (Å²) in [5.74, 6) is 0.461. The number of carbonyl (C=O) groups is 1. The van der Waals surface area contributed by atoms with Crippen molar-refractivity contribution in [2.45, 2.75) is 26.3 Å². The molecule has 0 radical (unpaired) electrons. The fraction of sp³-hybridized carbons (Fsp3) is 0.316. The van der Waals surface area contributed by atoms with Gasteiger partial charge in [-0.1, -0.05) is 30.7 Å². The fourth-order valence-corrected chi connectivity index (χ4v) is 3.57. The van der Waals surface area contributed by atoms with Crippen molar-refractivity contribution in [3.05, 3.63) is 58.1 Å². The lowest BCUT2D eigenvalue weighted by Gasteiger charge is -2.19. The zero-order valence-corrected chi connectivity index (χ0v) is 17.2. The molecule has 0 heterocycles. The van der Waals surface area contributed by atoms with E-state index in [0.29, 0.717) is 12.1 Å². The largest absolute Gasteiger partial charge is 0.496 e. The monoisotopic (exact) mass is 410 g/mol. The van der Waals surface area contributed by atoms with Crippen LogP contribution in [-0.4, -0.2) is 27.7 Å². The first-order valence-corrected chi connectivity index (χ1v) is 10.6. The molecule has 1 amide bonds. The summed E-state index contributed by atoms with van der Waals surface area (Å²) in [5, 5.41) is 3.14. The number of sulfonamides is 1. The first-order valence-electron chi connectivity index (χ1n) is 8.37. The second-order valence-corrected chi connectivity index (χ2v) is 8.39. The van der Waals surface area contributed by atoms with E-state index in [9.17, 15) is 13.2 Å². The van der Waals surface area contributed by atoms with Gasteiger partial charge in [0.15, 0.2) is 0 Å². The van der Waals surface area contributed by atoms with Crippen LogP contribution < -0.4 is 14.8 Å². The molecule has 0 aliphatic carbocycles. The number of anilines is 1. The number of rotatable bonds is 7. The number of ether oxygens (including phenoxy) is 1. The maximum absolute atomic E-state index is 12.7. The molecule has 8 heteroatoms. The van der Waals surface area contributed by atoms with Crippen molar-refractivity contribution in [1.82, 2.24) is 5.32 Å². The summed E-state index contributed by atoms with van der Waals surface area (Å²) < 4.78 is 30.2. The fourth-order valence-electron chi connectivity index (χ4n) is 2.75. The Labute approximate surface area is 164 Å². The van der Waals surface area contributed by atoms with Crippen LogP contribution in [0.2, 0.25) is 5.02 Å². The highest BCUT2D eigenvalue weighted by Crippen LogP contribution is 2.26. The van der Waals surface area contributed by atoms with Gasteiger partial charge in [-0.2, -0.15) is 0 Å². The number of amides is 1. The van der Waals surface area contributed by atoms with Crippen molar-refractivity contribution in [1.29, 1.82) is 0 Å². The van der Waals surface area contributed by atoms with Gasteiger partial charge in [-0.3, -0.25) is 9.52 Å². The predicted molar refractivity (Wildman–Crippen MR) is 108 cm³/mol. The second-order valence-electron chi connectivity index (χ2n) is 6.23. The Morgan fingerprint density at radius 3 is 2.44 bits per heavy atom. The molecule has 0 saturated carbocycles. The lowest BCUT2D eigenvalue weighted by Crippen LogP contribution is -2.28. The normalized spacial score (nSPS) is 12.3. The first-order chi connectivity index (χ1) is 12.6. The molecule has 1 atom stereocenters. The van der Waals surface area contributed by atoms with Crippen molar-refractivity contribution < 1.29 is 17.9 Å². The van der Waals surface area contributed by atoms with Gasteiger partial charge in [-0.05, 0) is 48.7 Å². The maximum atomic E-state index is 12.7. The van der Waals surface area contributed by atoms with E-state index in [1.807, 2.05) is 32.0 Å². The molecule has 0 spiro atoms. The molecular weight excluding hydrogens is 388 g/mol. The standard InChI is InChI=1S/C19H23ClN2O4S/c1-5-17(13-6-9-18(26-3)12(2)10-13)21-19(23)15-8-7-14(11-16(15)20)22-27(4,24)25/h6-11,17,22H,5H2,1-4H3,(H,21,23). The van der Waals surface area contributed by atoms with E-state index in [1.54, 1.807) is 7.11 Å². The third kappa shape index (κ3) is 5.61. The van der Waals surface area contributed by atoms with Gasteiger partial charge in [-0.25, -0.2) is 8.42 Å². The Morgan fingerprint density at radius 1 is 1.22 bits per heavy atom. The number of halogens is 1. The van der Waals surface area contributed by atoms with E-state index >= 15 is 0 Å². The number of aryl methyl sites for hydroxylation is 1. The van der Waals surface area contributed by atoms with Gasteiger partial charge in [0.05, 0.1) is 30.0 Å². The highest BCUT2D eigenvalue weighted by Gasteiger charge is 2.18. The summed E-state index contributed by atoms with van der Waals surface area (Å²) in [6.07, 6.45) is 1.74. The quantitative estimate of drug-likeness (QED) is 0.724. The molecular formula is C19H23ClN2O4S. The van der Waals surface area contributed by atoms with Crippen LogP contribution in [0.4, 0.5) is 5.69 Å². The van der Waals surface area contributed by atoms with Crippen LogP contribution in [0, 0.1) is 6.92 Å². The summed E-state index contributed by atoms with van der Waals surface area (Å²) in [6, 6.07) is 9.99. The SMILES string of the molecule is CCC(NC(=O)c1ccc(NS(C)(=O)=O)cc1Cl)c1ccc(OC)c(C)c1. The molecule has 2 aromatic rings. The van der Waals surface area contributed by atoms with Gasteiger partial charge >= 0.3 is 0 Å². The molecule has 2 N–H and O–H groups in total. The number of methoxy groups -OCH3 is 1. The van der Waals surface area contributed by atoms with Gasteiger partial charge in [-0.15, -0.1) is 0 Å². The smallest absolute Gasteiger partial charge is 0.253 e. The topological polar surface area (TPSA) is 84.5 Å². The van der Waals surface area contributed by atoms with Crippen LogP contribution in [0.25, 0.3) is 0 Å². The lowest BCUT2D eigenvalue weighted by molar-refractivity contribution is 0.0935. The molecule has 0 saturated heterocycles. The highest BCUT2D eigenvalue weighted by atomic mass is 35.5. The summed E-state index contributed by atoms with van der Waals surface area (Å²) in [5.41, 5.74) is 2.53. The molecule has 0 bridgehead atoms. The van der Waals surface area contributed by atoms with E-state index in [0.717, 1.165) is 23.1 Å². The average molecular weight is 411 g/mol. The van der Waals surface area contributed by atoms with Crippen LogP contribution in [0.5, 0.6) is 5.75 Å². The van der Waals surface area contributed by atoms with E-state index < -0.39 is 10.0 Å². The first kappa shape index (κ1) is 21.1. The molecule has 27 heavy (non-hydrogen) atoms. The van der Waals surface area contributed by atoms with Gasteiger partial charge in [0.2, 0.25) is 10.0 Å². The molecule has 6 nitrogen and oxygen atoms in total. The Bertz CT molecular complexity index is 945. The van der Waals surface area contributed by atoms with E-state index in [4.69, 9.17) is 16.3 Å². The number of carbonyl (C=O) groups excluding carboxylic acids is 1. The van der Waals surface area contributed by atoms with Crippen molar-refractivity contribution >= 4 is 33.2 Å². The Kier molecular flexibility index (Phi) is 6.73. The van der Waals surface area contributed by atoms with Gasteiger partial charge in [0.1, 0.15) is 5.75 Å². The Balaban J connectivity index is 2.20. The molecule has 0 aliphatic rings. The molecule has 146 valence electrons. The molecule has 2 rings (SSSR count). The summed E-state index contributed by atoms with van der Waals surface area (Å²) in [7, 11) is -1.80. The average Bonchev–Trinajstić information content (AvgIpc) is 2.58. The predicted octanol–water partition coefficient (Wildman–Crippen LogP) is 3.91. The minimum atomic E-state index is -3.42. The molecule has 2 aromatic carbocycles. The number of benzene rings is 2. The third-order valence-electron chi connectivity index (χ3n) is 4.05. The highest BCUT2D eigenvalue weighted by molar-refractivity contribution is 7.92. The minimum absolute atomic E-state index is 0.168. The van der Waals surface area contributed by atoms with Crippen LogP contribution in [0.15, 0.2) is 36.4 Å². The Hall–Kier alpha value is -2.25. The summed E-state index contributed by atoms with van der Waals surface area (Å²) >= 11 is 6.18. The van der Waals surface area contributed by atoms with Crippen LogP contribution >= 0.6 is 11.6 Å². The van der Waals surface area contributed by atoms with Crippen molar-refractivity contribution in [3.63, 3.8) is 0 Å². The molecule has 0 aliphatic heterocycles. The third-order valence-corrected chi connectivity index (χ3v) is 4.97. The second kappa shape index (κ2) is 8.63. The molecule has 1 unspecified atom stereocenters. The lowest BCUT2D eigenvalue weighted by atomic mass is 10.0. The number of hydrogen-bond donors (Lipinski definition) is 2. The minimum Gasteiger partial charge on any atom is -0.496 e. The van der Waals surface area contributed by atoms with Crippen molar-refractivity contribution in [3.8, 4) is 5.75 Å². The summed E-state index contributed by atoms with van der Waals surface area (Å²) in [6.45, 7) is 3.92. The van der Waals surface area contributed by atoms with Gasteiger partial charge in [0.25, 0.3) is 5.91 Å². The van der Waals surface area contributed by atoms with Crippen LogP contribution in [0.1, 0.15) is 40.9 Å². The Morgan fingerprint density at radius 2 is 1.93 bits per heavy atom.